The highest BCUT2D eigenvalue weighted by atomic mass is 35.5. The zero-order valence-corrected chi connectivity index (χ0v) is 12.5. The van der Waals surface area contributed by atoms with E-state index in [4.69, 9.17) is 22.0 Å². The smallest absolute Gasteiger partial charge is 0.209 e. The Balaban J connectivity index is 2.10. The highest BCUT2D eigenvalue weighted by Gasteiger charge is 2.25. The molecule has 0 unspecified atom stereocenters. The number of nitrogens with zero attached hydrogens (tertiary/aromatic N) is 2. The number of anilines is 1. The molecule has 1 fully saturated rings. The van der Waals surface area contributed by atoms with Gasteiger partial charge in [-0.05, 0) is 30.9 Å². The molecule has 0 spiro atoms. The second-order valence-electron chi connectivity index (χ2n) is 5.01. The van der Waals surface area contributed by atoms with Crippen LogP contribution in [0.25, 0.3) is 0 Å². The summed E-state index contributed by atoms with van der Waals surface area (Å²) >= 11 is 6.18. The largest absolute Gasteiger partial charge is 0.369 e. The Morgan fingerprint density at radius 2 is 2.05 bits per heavy atom. The van der Waals surface area contributed by atoms with Crippen LogP contribution in [-0.4, -0.2) is 27.3 Å². The molecule has 1 aliphatic rings. The minimum atomic E-state index is -3.42. The molecule has 0 saturated carbocycles. The SMILES string of the molecule is N#Cc1cccc(Cl)c1N1CCC(CS(N)(=O)=O)CC1. The van der Waals surface area contributed by atoms with E-state index in [0.29, 0.717) is 23.7 Å². The molecule has 1 aromatic rings. The van der Waals surface area contributed by atoms with Gasteiger partial charge in [0.25, 0.3) is 0 Å². The number of halogens is 1. The Morgan fingerprint density at radius 1 is 1.40 bits per heavy atom. The molecule has 2 N–H and O–H groups in total. The zero-order chi connectivity index (χ0) is 14.8. The Morgan fingerprint density at radius 3 is 2.60 bits per heavy atom. The third kappa shape index (κ3) is 3.63. The fourth-order valence-electron chi connectivity index (χ4n) is 2.58. The molecule has 1 heterocycles. The van der Waals surface area contributed by atoms with Crippen LogP contribution in [0, 0.1) is 17.2 Å². The van der Waals surface area contributed by atoms with Gasteiger partial charge in [-0.25, -0.2) is 13.6 Å². The Bertz CT molecular complexity index is 632. The molecule has 108 valence electrons. The molecule has 0 aliphatic carbocycles. The van der Waals surface area contributed by atoms with Gasteiger partial charge < -0.3 is 4.90 Å². The van der Waals surface area contributed by atoms with Crippen LogP contribution in [0.2, 0.25) is 5.02 Å². The lowest BCUT2D eigenvalue weighted by atomic mass is 9.98. The quantitative estimate of drug-likeness (QED) is 0.920. The molecule has 0 bridgehead atoms. The van der Waals surface area contributed by atoms with E-state index in [0.717, 1.165) is 18.5 Å². The van der Waals surface area contributed by atoms with Crippen LogP contribution in [0.1, 0.15) is 18.4 Å². The van der Waals surface area contributed by atoms with Crippen LogP contribution in [0.4, 0.5) is 5.69 Å². The maximum atomic E-state index is 11.1. The molecule has 1 aliphatic heterocycles. The van der Waals surface area contributed by atoms with Crippen LogP contribution in [0.3, 0.4) is 0 Å². The summed E-state index contributed by atoms with van der Waals surface area (Å²) in [4.78, 5) is 2.04. The molecule has 0 atom stereocenters. The van der Waals surface area contributed by atoms with E-state index in [1.165, 1.54) is 0 Å². The van der Waals surface area contributed by atoms with Crippen molar-refractivity contribution in [3.63, 3.8) is 0 Å². The predicted molar refractivity (Wildman–Crippen MR) is 79.1 cm³/mol. The molecule has 0 radical (unpaired) electrons. The topological polar surface area (TPSA) is 87.2 Å². The predicted octanol–water partition coefficient (Wildman–Crippen LogP) is 1.72. The third-order valence-corrected chi connectivity index (χ3v) is 4.75. The van der Waals surface area contributed by atoms with Crippen LogP contribution < -0.4 is 10.0 Å². The molecule has 0 amide bonds. The fourth-order valence-corrected chi connectivity index (χ4v) is 3.86. The second kappa shape index (κ2) is 6.00. The van der Waals surface area contributed by atoms with Gasteiger partial charge in [-0.1, -0.05) is 17.7 Å². The summed E-state index contributed by atoms with van der Waals surface area (Å²) in [5, 5.41) is 14.8. The number of benzene rings is 1. The number of para-hydroxylation sites is 1. The molecule has 5 nitrogen and oxygen atoms in total. The lowest BCUT2D eigenvalue weighted by molar-refractivity contribution is 0.436. The van der Waals surface area contributed by atoms with Gasteiger partial charge >= 0.3 is 0 Å². The first-order valence-corrected chi connectivity index (χ1v) is 8.44. The lowest BCUT2D eigenvalue weighted by Gasteiger charge is -2.34. The zero-order valence-electron chi connectivity index (χ0n) is 10.9. The number of nitrogens with two attached hydrogens (primary N) is 1. The van der Waals surface area contributed by atoms with Crippen LogP contribution in [0.5, 0.6) is 0 Å². The third-order valence-electron chi connectivity index (χ3n) is 3.51. The maximum Gasteiger partial charge on any atom is 0.209 e. The van der Waals surface area contributed by atoms with E-state index in [-0.39, 0.29) is 11.7 Å². The molecule has 1 saturated heterocycles. The van der Waals surface area contributed by atoms with Crippen LogP contribution >= 0.6 is 11.6 Å². The number of hydrogen-bond donors (Lipinski definition) is 1. The van der Waals surface area contributed by atoms with E-state index in [2.05, 4.69) is 6.07 Å². The minimum absolute atomic E-state index is 0.0223. The first-order valence-electron chi connectivity index (χ1n) is 6.35. The van der Waals surface area contributed by atoms with Gasteiger partial charge in [0.2, 0.25) is 10.0 Å². The highest BCUT2D eigenvalue weighted by molar-refractivity contribution is 7.89. The van der Waals surface area contributed by atoms with Crippen molar-refractivity contribution in [1.29, 1.82) is 5.26 Å². The highest BCUT2D eigenvalue weighted by Crippen LogP contribution is 2.32. The molecule has 0 aromatic heterocycles. The van der Waals surface area contributed by atoms with Gasteiger partial charge in [0.15, 0.2) is 0 Å². The maximum absolute atomic E-state index is 11.1. The van der Waals surface area contributed by atoms with E-state index in [1.807, 2.05) is 4.90 Å². The number of sulfonamides is 1. The first kappa shape index (κ1) is 15.1. The summed E-state index contributed by atoms with van der Waals surface area (Å²) in [5.74, 6) is 0.100. The first-order chi connectivity index (χ1) is 9.40. The molecule has 20 heavy (non-hydrogen) atoms. The van der Waals surface area contributed by atoms with Gasteiger partial charge in [-0.15, -0.1) is 0 Å². The lowest BCUT2D eigenvalue weighted by Crippen LogP contribution is -2.37. The number of nitriles is 1. The van der Waals surface area contributed by atoms with Crippen LogP contribution in [0.15, 0.2) is 18.2 Å². The summed E-state index contributed by atoms with van der Waals surface area (Å²) < 4.78 is 22.2. The summed E-state index contributed by atoms with van der Waals surface area (Å²) in [6.07, 6.45) is 1.46. The Labute approximate surface area is 124 Å². The molecular formula is C13H16ClN3O2S. The van der Waals surface area contributed by atoms with Gasteiger partial charge in [0.1, 0.15) is 6.07 Å². The number of primary sulfonamides is 1. The summed E-state index contributed by atoms with van der Waals surface area (Å²) in [5.41, 5.74) is 1.29. The number of piperidine rings is 1. The van der Waals surface area contributed by atoms with Crippen LogP contribution in [-0.2, 0) is 10.0 Å². The van der Waals surface area contributed by atoms with Crippen molar-refractivity contribution in [3.8, 4) is 6.07 Å². The van der Waals surface area contributed by atoms with E-state index in [1.54, 1.807) is 18.2 Å². The summed E-state index contributed by atoms with van der Waals surface area (Å²) in [6, 6.07) is 7.38. The van der Waals surface area contributed by atoms with Gasteiger partial charge in [0, 0.05) is 13.1 Å². The van der Waals surface area contributed by atoms with Crippen molar-refractivity contribution in [3.05, 3.63) is 28.8 Å². The van der Waals surface area contributed by atoms with Gasteiger partial charge in [-0.2, -0.15) is 5.26 Å². The number of rotatable bonds is 3. The van der Waals surface area contributed by atoms with Crippen molar-refractivity contribution in [1.82, 2.24) is 0 Å². The van der Waals surface area contributed by atoms with E-state index < -0.39 is 10.0 Å². The summed E-state index contributed by atoms with van der Waals surface area (Å²) in [6.45, 7) is 1.36. The van der Waals surface area contributed by atoms with Crippen molar-refractivity contribution in [2.75, 3.05) is 23.7 Å². The van der Waals surface area contributed by atoms with E-state index in [9.17, 15) is 8.42 Å². The van der Waals surface area contributed by atoms with Gasteiger partial charge in [-0.3, -0.25) is 0 Å². The van der Waals surface area contributed by atoms with Crippen molar-refractivity contribution in [2.24, 2.45) is 11.1 Å². The van der Waals surface area contributed by atoms with Gasteiger partial charge in [0.05, 0.1) is 22.0 Å². The second-order valence-corrected chi connectivity index (χ2v) is 7.07. The van der Waals surface area contributed by atoms with Crippen molar-refractivity contribution in [2.45, 2.75) is 12.8 Å². The van der Waals surface area contributed by atoms with Crippen molar-refractivity contribution < 1.29 is 8.42 Å². The molecule has 1 aromatic carbocycles. The average molecular weight is 314 g/mol. The molecular weight excluding hydrogens is 298 g/mol. The standard InChI is InChI=1S/C13H16ClN3O2S/c14-12-3-1-2-11(8-15)13(12)17-6-4-10(5-7-17)9-20(16,18)19/h1-3,10H,4-7,9H2,(H2,16,18,19). The summed E-state index contributed by atoms with van der Waals surface area (Å²) in [7, 11) is -3.42. The monoisotopic (exact) mass is 313 g/mol. The average Bonchev–Trinajstić information content (AvgIpc) is 2.38. The normalized spacial score (nSPS) is 16.9. The Kier molecular flexibility index (Phi) is 4.53. The Hall–Kier alpha value is -1.29. The number of hydrogen-bond acceptors (Lipinski definition) is 4. The minimum Gasteiger partial charge on any atom is -0.369 e. The molecule has 2 rings (SSSR count). The molecule has 7 heteroatoms. The van der Waals surface area contributed by atoms with E-state index >= 15 is 0 Å². The fraction of sp³-hybridized carbons (Fsp3) is 0.462. The van der Waals surface area contributed by atoms with Crippen molar-refractivity contribution >= 4 is 27.3 Å².